The van der Waals surface area contributed by atoms with E-state index in [-0.39, 0.29) is 5.75 Å². The van der Waals surface area contributed by atoms with Gasteiger partial charge >= 0.3 is 6.61 Å². The molecule has 0 aromatic heterocycles. The molecular formula is C22H32F2O. The van der Waals surface area contributed by atoms with Crippen LogP contribution >= 0.6 is 0 Å². The minimum atomic E-state index is -2.74. The van der Waals surface area contributed by atoms with Gasteiger partial charge in [-0.2, -0.15) is 8.78 Å². The smallest absolute Gasteiger partial charge is 0.387 e. The van der Waals surface area contributed by atoms with Crippen molar-refractivity contribution in [1.29, 1.82) is 0 Å². The van der Waals surface area contributed by atoms with Crippen LogP contribution in [0, 0.1) is 23.7 Å². The Labute approximate surface area is 151 Å². The lowest BCUT2D eigenvalue weighted by molar-refractivity contribution is -0.0498. The molecule has 0 N–H and O–H groups in total. The van der Waals surface area contributed by atoms with Crippen molar-refractivity contribution in [3.63, 3.8) is 0 Å². The zero-order valence-corrected chi connectivity index (χ0v) is 15.6. The lowest BCUT2D eigenvalue weighted by Crippen LogP contribution is -2.26. The third-order valence-electron chi connectivity index (χ3n) is 6.77. The van der Waals surface area contributed by atoms with Gasteiger partial charge in [-0.3, -0.25) is 0 Å². The Bertz CT molecular complexity index is 509. The Kier molecular flexibility index (Phi) is 6.35. The van der Waals surface area contributed by atoms with Gasteiger partial charge in [-0.25, -0.2) is 0 Å². The molecule has 3 heteroatoms. The predicted octanol–water partition coefficient (Wildman–Crippen LogP) is 7.02. The van der Waals surface area contributed by atoms with Gasteiger partial charge in [0.05, 0.1) is 0 Å². The summed E-state index contributed by atoms with van der Waals surface area (Å²) in [6.45, 7) is 1.99. The van der Waals surface area contributed by atoms with E-state index in [1.165, 1.54) is 56.9 Å². The van der Waals surface area contributed by atoms with Crippen LogP contribution in [0.2, 0.25) is 0 Å². The van der Waals surface area contributed by atoms with Crippen LogP contribution in [0.15, 0.2) is 24.3 Å². The summed E-state index contributed by atoms with van der Waals surface area (Å²) in [5, 5.41) is 0. The Morgan fingerprint density at radius 1 is 0.800 bits per heavy atom. The summed E-state index contributed by atoms with van der Waals surface area (Å²) in [6.07, 6.45) is 10.8. The van der Waals surface area contributed by atoms with Gasteiger partial charge in [0.1, 0.15) is 5.75 Å². The van der Waals surface area contributed by atoms with Gasteiger partial charge < -0.3 is 4.74 Å². The van der Waals surface area contributed by atoms with Crippen LogP contribution in [0.4, 0.5) is 8.78 Å². The average molecular weight is 350 g/mol. The Balaban J connectivity index is 1.47. The van der Waals surface area contributed by atoms with E-state index in [1.54, 1.807) is 12.1 Å². The van der Waals surface area contributed by atoms with Crippen molar-refractivity contribution >= 4 is 0 Å². The lowest BCUT2D eigenvalue weighted by atomic mass is 9.67. The molecule has 2 fully saturated rings. The Morgan fingerprint density at radius 2 is 1.32 bits per heavy atom. The van der Waals surface area contributed by atoms with Gasteiger partial charge in [-0.15, -0.1) is 0 Å². The maximum atomic E-state index is 12.2. The van der Waals surface area contributed by atoms with Crippen LogP contribution in [0.3, 0.4) is 0 Å². The number of hydrogen-bond acceptors (Lipinski definition) is 1. The number of halogens is 2. The largest absolute Gasteiger partial charge is 0.435 e. The first kappa shape index (κ1) is 18.7. The van der Waals surface area contributed by atoms with Gasteiger partial charge in [0.25, 0.3) is 0 Å². The zero-order chi connectivity index (χ0) is 17.8. The normalized spacial score (nSPS) is 30.6. The monoisotopic (exact) mass is 350 g/mol. The summed E-state index contributed by atoms with van der Waals surface area (Å²) in [7, 11) is 0. The van der Waals surface area contributed by atoms with Crippen molar-refractivity contribution < 1.29 is 13.5 Å². The number of rotatable bonds is 5. The highest BCUT2D eigenvalue weighted by Crippen LogP contribution is 2.45. The summed E-state index contributed by atoms with van der Waals surface area (Å²) in [6, 6.07) is 7.30. The number of benzene rings is 1. The number of alkyl halides is 2. The van der Waals surface area contributed by atoms with Crippen molar-refractivity contribution in [2.75, 3.05) is 0 Å². The fourth-order valence-electron chi connectivity index (χ4n) is 5.13. The van der Waals surface area contributed by atoms with Crippen LogP contribution in [-0.4, -0.2) is 6.61 Å². The van der Waals surface area contributed by atoms with E-state index in [0.29, 0.717) is 5.92 Å². The van der Waals surface area contributed by atoms with Crippen LogP contribution in [0.25, 0.3) is 0 Å². The molecule has 1 nitrogen and oxygen atoms in total. The third kappa shape index (κ3) is 4.95. The molecule has 0 unspecified atom stereocenters. The maximum Gasteiger partial charge on any atom is 0.387 e. The number of hydrogen-bond donors (Lipinski definition) is 0. The van der Waals surface area contributed by atoms with E-state index in [9.17, 15) is 8.78 Å². The molecule has 1 aromatic carbocycles. The topological polar surface area (TPSA) is 9.23 Å². The SMILES string of the molecule is CC(C)C1CCC(C2CCC(c3ccc(OC(F)F)cc3)CC2)CC1. The first-order chi connectivity index (χ1) is 12.0. The Hall–Kier alpha value is -1.12. The molecule has 2 saturated carbocycles. The van der Waals surface area contributed by atoms with Crippen molar-refractivity contribution in [3.8, 4) is 5.75 Å². The fraction of sp³-hybridized carbons (Fsp3) is 0.727. The van der Waals surface area contributed by atoms with E-state index in [2.05, 4.69) is 18.6 Å². The molecular weight excluding hydrogens is 318 g/mol. The summed E-state index contributed by atoms with van der Waals surface area (Å²) in [5.74, 6) is 4.48. The minimum absolute atomic E-state index is 0.259. The second-order valence-electron chi connectivity index (χ2n) is 8.48. The van der Waals surface area contributed by atoms with Gasteiger partial charge in [0.15, 0.2) is 0 Å². The van der Waals surface area contributed by atoms with Crippen LogP contribution < -0.4 is 4.74 Å². The molecule has 25 heavy (non-hydrogen) atoms. The molecule has 3 rings (SSSR count). The second-order valence-corrected chi connectivity index (χ2v) is 8.48. The van der Waals surface area contributed by atoms with Crippen LogP contribution in [0.1, 0.15) is 76.7 Å². The predicted molar refractivity (Wildman–Crippen MR) is 98.1 cm³/mol. The molecule has 0 bridgehead atoms. The average Bonchev–Trinajstić information content (AvgIpc) is 2.62. The first-order valence-corrected chi connectivity index (χ1v) is 10.1. The van der Waals surface area contributed by atoms with Gasteiger partial charge in [0.2, 0.25) is 0 Å². The molecule has 2 aliphatic rings. The maximum absolute atomic E-state index is 12.2. The summed E-state index contributed by atoms with van der Waals surface area (Å²) >= 11 is 0. The number of ether oxygens (including phenoxy) is 1. The summed E-state index contributed by atoms with van der Waals surface area (Å²) < 4.78 is 28.9. The zero-order valence-electron chi connectivity index (χ0n) is 15.6. The molecule has 0 aliphatic heterocycles. The molecule has 1 aromatic rings. The lowest BCUT2D eigenvalue weighted by Gasteiger charge is -2.39. The molecule has 2 aliphatic carbocycles. The standard InChI is InChI=1S/C22H32F2O/c1-15(2)16-3-5-17(6-4-16)18-7-9-19(10-8-18)20-11-13-21(14-12-20)25-22(23)24/h11-19,22H,3-10H2,1-2H3. The Morgan fingerprint density at radius 3 is 1.80 bits per heavy atom. The highest BCUT2D eigenvalue weighted by Gasteiger charge is 2.31. The quantitative estimate of drug-likeness (QED) is 0.554. The van der Waals surface area contributed by atoms with E-state index in [0.717, 1.165) is 23.7 Å². The van der Waals surface area contributed by atoms with Gasteiger partial charge in [-0.1, -0.05) is 26.0 Å². The van der Waals surface area contributed by atoms with Crippen molar-refractivity contribution in [1.82, 2.24) is 0 Å². The first-order valence-electron chi connectivity index (χ1n) is 10.1. The molecule has 0 saturated heterocycles. The highest BCUT2D eigenvalue weighted by atomic mass is 19.3. The van der Waals surface area contributed by atoms with Crippen molar-refractivity contribution in [2.24, 2.45) is 23.7 Å². The van der Waals surface area contributed by atoms with E-state index >= 15 is 0 Å². The molecule has 0 amide bonds. The fourth-order valence-corrected chi connectivity index (χ4v) is 5.13. The van der Waals surface area contributed by atoms with Gasteiger partial charge in [0, 0.05) is 0 Å². The van der Waals surface area contributed by atoms with Crippen molar-refractivity contribution in [2.45, 2.75) is 77.7 Å². The van der Waals surface area contributed by atoms with Crippen LogP contribution in [-0.2, 0) is 0 Å². The van der Waals surface area contributed by atoms with E-state index in [1.807, 2.05) is 12.1 Å². The third-order valence-corrected chi connectivity index (χ3v) is 6.77. The van der Waals surface area contributed by atoms with Crippen LogP contribution in [0.5, 0.6) is 5.75 Å². The molecule has 0 atom stereocenters. The molecule has 0 spiro atoms. The summed E-state index contributed by atoms with van der Waals surface area (Å²) in [4.78, 5) is 0. The second kappa shape index (κ2) is 8.51. The highest BCUT2D eigenvalue weighted by molar-refractivity contribution is 5.29. The molecule has 140 valence electrons. The van der Waals surface area contributed by atoms with E-state index < -0.39 is 6.61 Å². The van der Waals surface area contributed by atoms with E-state index in [4.69, 9.17) is 0 Å². The van der Waals surface area contributed by atoms with Gasteiger partial charge in [-0.05, 0) is 98.7 Å². The van der Waals surface area contributed by atoms with Crippen molar-refractivity contribution in [3.05, 3.63) is 29.8 Å². The molecule has 0 heterocycles. The molecule has 0 radical (unpaired) electrons. The summed E-state index contributed by atoms with van der Waals surface area (Å²) in [5.41, 5.74) is 1.28. The minimum Gasteiger partial charge on any atom is -0.435 e.